The normalized spacial score (nSPS) is 11.2. The van der Waals surface area contributed by atoms with E-state index in [0.29, 0.717) is 0 Å². The summed E-state index contributed by atoms with van der Waals surface area (Å²) in [5, 5.41) is 0. The lowest BCUT2D eigenvalue weighted by Gasteiger charge is -2.21. The van der Waals surface area contributed by atoms with E-state index in [1.807, 2.05) is 0 Å². The molecule has 0 aliphatic rings. The predicted molar refractivity (Wildman–Crippen MR) is 67.9 cm³/mol. The third kappa shape index (κ3) is 10.2. The largest absolute Gasteiger partial charge is 0.330 e. The summed E-state index contributed by atoms with van der Waals surface area (Å²) in [5.74, 6) is 0. The zero-order valence-electron chi connectivity index (χ0n) is 10.4. The summed E-state index contributed by atoms with van der Waals surface area (Å²) in [6.07, 6.45) is 7.57. The van der Waals surface area contributed by atoms with Crippen molar-refractivity contribution in [2.24, 2.45) is 11.5 Å². The summed E-state index contributed by atoms with van der Waals surface area (Å²) in [5.41, 5.74) is 11.1. The Balaban J connectivity index is 3.49. The molecule has 0 heterocycles. The molecule has 0 radical (unpaired) electrons. The van der Waals surface area contributed by atoms with E-state index in [9.17, 15) is 0 Å². The monoisotopic (exact) mass is 215 g/mol. The molecule has 0 aliphatic heterocycles. The van der Waals surface area contributed by atoms with E-state index in [0.717, 1.165) is 39.0 Å². The number of hydrogen-bond donors (Lipinski definition) is 2. The Morgan fingerprint density at radius 2 is 1.27 bits per heavy atom. The first-order valence-electron chi connectivity index (χ1n) is 6.47. The fourth-order valence-electron chi connectivity index (χ4n) is 1.73. The molecule has 0 amide bonds. The van der Waals surface area contributed by atoms with Gasteiger partial charge in [-0.15, -0.1) is 0 Å². The molecule has 0 atom stereocenters. The minimum Gasteiger partial charge on any atom is -0.330 e. The Labute approximate surface area is 95.2 Å². The zero-order valence-corrected chi connectivity index (χ0v) is 10.4. The molecular weight excluding hydrogens is 186 g/mol. The highest BCUT2D eigenvalue weighted by Gasteiger charge is 2.02. The van der Waals surface area contributed by atoms with Gasteiger partial charge in [-0.05, 0) is 52.0 Å². The van der Waals surface area contributed by atoms with Crippen molar-refractivity contribution in [1.82, 2.24) is 4.90 Å². The fraction of sp³-hybridized carbons (Fsp3) is 1.00. The maximum atomic E-state index is 5.53. The van der Waals surface area contributed by atoms with Crippen molar-refractivity contribution in [1.29, 1.82) is 0 Å². The fourth-order valence-corrected chi connectivity index (χ4v) is 1.73. The third-order valence-corrected chi connectivity index (χ3v) is 2.68. The van der Waals surface area contributed by atoms with Gasteiger partial charge in [0.1, 0.15) is 0 Å². The second-order valence-electron chi connectivity index (χ2n) is 4.19. The van der Waals surface area contributed by atoms with E-state index in [1.165, 1.54) is 32.2 Å². The van der Waals surface area contributed by atoms with Gasteiger partial charge in [-0.1, -0.05) is 26.2 Å². The maximum absolute atomic E-state index is 5.53. The molecule has 0 aromatic carbocycles. The summed E-state index contributed by atoms with van der Waals surface area (Å²) in [4.78, 5) is 2.51. The minimum atomic E-state index is 0.800. The molecule has 15 heavy (non-hydrogen) atoms. The Morgan fingerprint density at radius 1 is 0.733 bits per heavy atom. The van der Waals surface area contributed by atoms with Crippen molar-refractivity contribution in [2.75, 3.05) is 32.7 Å². The van der Waals surface area contributed by atoms with Crippen LogP contribution in [0.3, 0.4) is 0 Å². The molecule has 0 aromatic heterocycles. The number of nitrogens with two attached hydrogens (primary N) is 2. The first-order chi connectivity index (χ1) is 7.35. The zero-order chi connectivity index (χ0) is 11.4. The molecule has 0 aromatic rings. The van der Waals surface area contributed by atoms with Gasteiger partial charge in [0.05, 0.1) is 0 Å². The minimum absolute atomic E-state index is 0.800. The van der Waals surface area contributed by atoms with Gasteiger partial charge in [-0.3, -0.25) is 0 Å². The van der Waals surface area contributed by atoms with E-state index in [2.05, 4.69) is 11.8 Å². The van der Waals surface area contributed by atoms with Crippen LogP contribution >= 0.6 is 0 Å². The van der Waals surface area contributed by atoms with Gasteiger partial charge in [0.2, 0.25) is 0 Å². The van der Waals surface area contributed by atoms with Gasteiger partial charge in [-0.2, -0.15) is 0 Å². The van der Waals surface area contributed by atoms with Crippen LogP contribution in [0.5, 0.6) is 0 Å². The average molecular weight is 215 g/mol. The van der Waals surface area contributed by atoms with Crippen LogP contribution in [0.1, 0.15) is 45.4 Å². The number of nitrogens with zero attached hydrogens (tertiary/aromatic N) is 1. The van der Waals surface area contributed by atoms with Crippen LogP contribution in [0.15, 0.2) is 0 Å². The lowest BCUT2D eigenvalue weighted by atomic mass is 10.2. The van der Waals surface area contributed by atoms with Crippen LogP contribution in [0.4, 0.5) is 0 Å². The van der Waals surface area contributed by atoms with Crippen LogP contribution < -0.4 is 11.5 Å². The quantitative estimate of drug-likeness (QED) is 0.514. The molecule has 0 saturated carbocycles. The lowest BCUT2D eigenvalue weighted by molar-refractivity contribution is 0.263. The van der Waals surface area contributed by atoms with Gasteiger partial charge in [0.25, 0.3) is 0 Å². The lowest BCUT2D eigenvalue weighted by Crippen LogP contribution is -2.29. The second-order valence-corrected chi connectivity index (χ2v) is 4.19. The summed E-state index contributed by atoms with van der Waals surface area (Å²) >= 11 is 0. The third-order valence-electron chi connectivity index (χ3n) is 2.68. The number of hydrogen-bond acceptors (Lipinski definition) is 3. The molecule has 3 heteroatoms. The number of unbranched alkanes of at least 4 members (excludes halogenated alkanes) is 3. The highest BCUT2D eigenvalue weighted by molar-refractivity contribution is 4.59. The van der Waals surface area contributed by atoms with Crippen LogP contribution in [0, 0.1) is 0 Å². The van der Waals surface area contributed by atoms with Crippen molar-refractivity contribution < 1.29 is 0 Å². The van der Waals surface area contributed by atoms with E-state index in [-0.39, 0.29) is 0 Å². The average Bonchev–Trinajstić information content (AvgIpc) is 2.27. The standard InChI is InChI=1S/C12H29N3/c1-2-3-4-5-10-15(11-6-8-13)12-7-9-14/h2-14H2,1H3. The Morgan fingerprint density at radius 3 is 1.73 bits per heavy atom. The van der Waals surface area contributed by atoms with Gasteiger partial charge in [0.15, 0.2) is 0 Å². The van der Waals surface area contributed by atoms with E-state index in [1.54, 1.807) is 0 Å². The highest BCUT2D eigenvalue weighted by atomic mass is 15.1. The summed E-state index contributed by atoms with van der Waals surface area (Å²) in [7, 11) is 0. The van der Waals surface area contributed by atoms with E-state index < -0.39 is 0 Å². The van der Waals surface area contributed by atoms with Crippen molar-refractivity contribution in [3.8, 4) is 0 Å². The van der Waals surface area contributed by atoms with Gasteiger partial charge >= 0.3 is 0 Å². The molecule has 0 rings (SSSR count). The van der Waals surface area contributed by atoms with Crippen molar-refractivity contribution >= 4 is 0 Å². The molecule has 3 nitrogen and oxygen atoms in total. The van der Waals surface area contributed by atoms with Crippen molar-refractivity contribution in [3.05, 3.63) is 0 Å². The van der Waals surface area contributed by atoms with Crippen LogP contribution in [0.25, 0.3) is 0 Å². The molecule has 0 fully saturated rings. The summed E-state index contributed by atoms with van der Waals surface area (Å²) in [6, 6.07) is 0. The van der Waals surface area contributed by atoms with Gasteiger partial charge in [-0.25, -0.2) is 0 Å². The first-order valence-corrected chi connectivity index (χ1v) is 6.47. The molecule has 4 N–H and O–H groups in total. The molecule has 0 aliphatic carbocycles. The smallest absolute Gasteiger partial charge is 0.000671 e. The van der Waals surface area contributed by atoms with E-state index in [4.69, 9.17) is 11.5 Å². The first kappa shape index (κ1) is 14.9. The molecule has 92 valence electrons. The van der Waals surface area contributed by atoms with Crippen molar-refractivity contribution in [3.63, 3.8) is 0 Å². The SMILES string of the molecule is CCCCCCN(CCCN)CCCN. The highest BCUT2D eigenvalue weighted by Crippen LogP contribution is 2.02. The summed E-state index contributed by atoms with van der Waals surface area (Å²) < 4.78 is 0. The summed E-state index contributed by atoms with van der Waals surface area (Å²) in [6.45, 7) is 7.36. The maximum Gasteiger partial charge on any atom is -0.000671 e. The molecule has 0 unspecified atom stereocenters. The molecule has 0 bridgehead atoms. The second kappa shape index (κ2) is 12.0. The van der Waals surface area contributed by atoms with Gasteiger partial charge in [0, 0.05) is 0 Å². The molecule has 0 saturated heterocycles. The van der Waals surface area contributed by atoms with Crippen molar-refractivity contribution in [2.45, 2.75) is 45.4 Å². The van der Waals surface area contributed by atoms with E-state index >= 15 is 0 Å². The molecule has 0 spiro atoms. The predicted octanol–water partition coefficient (Wildman–Crippen LogP) is 1.57. The van der Waals surface area contributed by atoms with Crippen LogP contribution in [-0.4, -0.2) is 37.6 Å². The Kier molecular flexibility index (Phi) is 11.9. The topological polar surface area (TPSA) is 55.3 Å². The molecular formula is C12H29N3. The Bertz CT molecular complexity index is 109. The Hall–Kier alpha value is -0.120. The van der Waals surface area contributed by atoms with Crippen LogP contribution in [0.2, 0.25) is 0 Å². The number of rotatable bonds is 11. The van der Waals surface area contributed by atoms with Crippen LogP contribution in [-0.2, 0) is 0 Å². The van der Waals surface area contributed by atoms with Gasteiger partial charge < -0.3 is 16.4 Å².